The van der Waals surface area contributed by atoms with Crippen molar-refractivity contribution in [2.24, 2.45) is 0 Å². The third kappa shape index (κ3) is 6.04. The number of aromatic nitrogens is 3. The SMILES string of the molecule is Fc1ccc(OCCCSc2nnc(CN3CCCCC3)n2-c2ccc(F)cc2)cc1. The molecular formula is C23H26F2N4OS. The van der Waals surface area contributed by atoms with Gasteiger partial charge in [0.05, 0.1) is 13.2 Å². The third-order valence-corrected chi connectivity index (χ3v) is 6.22. The molecule has 164 valence electrons. The summed E-state index contributed by atoms with van der Waals surface area (Å²) in [4.78, 5) is 2.40. The number of halogens is 2. The summed E-state index contributed by atoms with van der Waals surface area (Å²) in [6, 6.07) is 12.5. The minimum absolute atomic E-state index is 0.262. The average molecular weight is 445 g/mol. The van der Waals surface area contributed by atoms with E-state index in [1.807, 2.05) is 4.57 Å². The van der Waals surface area contributed by atoms with E-state index in [-0.39, 0.29) is 11.6 Å². The van der Waals surface area contributed by atoms with E-state index in [1.165, 1.54) is 43.5 Å². The quantitative estimate of drug-likeness (QED) is 0.340. The van der Waals surface area contributed by atoms with E-state index < -0.39 is 0 Å². The van der Waals surface area contributed by atoms with E-state index in [1.54, 1.807) is 36.0 Å². The van der Waals surface area contributed by atoms with Gasteiger partial charge in [0.2, 0.25) is 0 Å². The predicted octanol–water partition coefficient (Wildman–Crippen LogP) is 5.09. The Bertz CT molecular complexity index is 957. The number of ether oxygens (including phenoxy) is 1. The zero-order valence-corrected chi connectivity index (χ0v) is 18.2. The molecule has 1 saturated heterocycles. The van der Waals surface area contributed by atoms with Crippen LogP contribution in [0.4, 0.5) is 8.78 Å². The van der Waals surface area contributed by atoms with Crippen LogP contribution in [0.1, 0.15) is 31.5 Å². The lowest BCUT2D eigenvalue weighted by Gasteiger charge is -2.26. The third-order valence-electron chi connectivity index (χ3n) is 5.20. The van der Waals surface area contributed by atoms with E-state index in [9.17, 15) is 8.78 Å². The molecule has 2 heterocycles. The molecule has 4 rings (SSSR count). The van der Waals surface area contributed by atoms with Crippen LogP contribution in [0.25, 0.3) is 5.69 Å². The summed E-state index contributed by atoms with van der Waals surface area (Å²) < 4.78 is 34.1. The largest absolute Gasteiger partial charge is 0.494 e. The molecule has 0 N–H and O–H groups in total. The lowest BCUT2D eigenvalue weighted by molar-refractivity contribution is 0.214. The first-order chi connectivity index (χ1) is 15.2. The van der Waals surface area contributed by atoms with Crippen LogP contribution in [0, 0.1) is 11.6 Å². The van der Waals surface area contributed by atoms with Crippen LogP contribution in [0.5, 0.6) is 5.75 Å². The standard InChI is InChI=1S/C23H26F2N4OS/c24-18-5-9-20(10-6-18)29-22(17-28-13-2-1-3-14-28)26-27-23(29)31-16-4-15-30-21-11-7-19(25)8-12-21/h5-12H,1-4,13-17H2. The minimum atomic E-state index is -0.275. The van der Waals surface area contributed by atoms with Crippen LogP contribution < -0.4 is 4.74 Å². The van der Waals surface area contributed by atoms with Gasteiger partial charge in [0.15, 0.2) is 11.0 Å². The lowest BCUT2D eigenvalue weighted by atomic mass is 10.1. The smallest absolute Gasteiger partial charge is 0.195 e. The highest BCUT2D eigenvalue weighted by atomic mass is 32.2. The number of thioether (sulfide) groups is 1. The predicted molar refractivity (Wildman–Crippen MR) is 118 cm³/mol. The molecule has 0 saturated carbocycles. The Kier molecular flexibility index (Phi) is 7.53. The van der Waals surface area contributed by atoms with Gasteiger partial charge >= 0.3 is 0 Å². The Labute approximate surface area is 185 Å². The Hall–Kier alpha value is -2.45. The van der Waals surface area contributed by atoms with Gasteiger partial charge in [0.25, 0.3) is 0 Å². The summed E-state index contributed by atoms with van der Waals surface area (Å²) >= 11 is 1.60. The molecule has 31 heavy (non-hydrogen) atoms. The zero-order chi connectivity index (χ0) is 21.5. The maximum atomic E-state index is 13.5. The first-order valence-electron chi connectivity index (χ1n) is 10.6. The maximum Gasteiger partial charge on any atom is 0.195 e. The van der Waals surface area contributed by atoms with Crippen LogP contribution >= 0.6 is 11.8 Å². The van der Waals surface area contributed by atoms with Crippen molar-refractivity contribution in [3.05, 3.63) is 66.0 Å². The van der Waals surface area contributed by atoms with Gasteiger partial charge in [-0.2, -0.15) is 0 Å². The first kappa shape index (κ1) is 21.8. The monoisotopic (exact) mass is 444 g/mol. The summed E-state index contributed by atoms with van der Waals surface area (Å²) in [5.74, 6) is 1.79. The average Bonchev–Trinajstić information content (AvgIpc) is 3.18. The Morgan fingerprint density at radius 1 is 0.871 bits per heavy atom. The second-order valence-corrected chi connectivity index (χ2v) is 8.61. The fraction of sp³-hybridized carbons (Fsp3) is 0.391. The number of piperidine rings is 1. The molecule has 8 heteroatoms. The molecule has 0 radical (unpaired) electrons. The lowest BCUT2D eigenvalue weighted by Crippen LogP contribution is -2.30. The van der Waals surface area contributed by atoms with Gasteiger partial charge in [-0.1, -0.05) is 18.2 Å². The molecule has 0 amide bonds. The summed E-state index contributed by atoms with van der Waals surface area (Å²) in [5.41, 5.74) is 0.864. The van der Waals surface area contributed by atoms with Crippen LogP contribution in [-0.4, -0.2) is 45.1 Å². The van der Waals surface area contributed by atoms with Gasteiger partial charge in [0, 0.05) is 11.4 Å². The first-order valence-corrected chi connectivity index (χ1v) is 11.6. The normalized spacial score (nSPS) is 14.6. The molecular weight excluding hydrogens is 418 g/mol. The fourth-order valence-electron chi connectivity index (χ4n) is 3.61. The van der Waals surface area contributed by atoms with Crippen molar-refractivity contribution in [3.8, 4) is 11.4 Å². The topological polar surface area (TPSA) is 43.2 Å². The maximum absolute atomic E-state index is 13.5. The van der Waals surface area contributed by atoms with Crippen LogP contribution in [0.15, 0.2) is 53.7 Å². The molecule has 2 aromatic carbocycles. The summed E-state index contributed by atoms with van der Waals surface area (Å²) in [6.45, 7) is 3.40. The van der Waals surface area contributed by atoms with Crippen molar-refractivity contribution in [1.82, 2.24) is 19.7 Å². The van der Waals surface area contributed by atoms with Gasteiger partial charge in [-0.15, -0.1) is 10.2 Å². The van der Waals surface area contributed by atoms with Gasteiger partial charge in [-0.25, -0.2) is 8.78 Å². The second kappa shape index (κ2) is 10.7. The number of rotatable bonds is 9. The van der Waals surface area contributed by atoms with E-state index in [0.29, 0.717) is 12.4 Å². The summed E-state index contributed by atoms with van der Waals surface area (Å²) in [5, 5.41) is 9.66. The highest BCUT2D eigenvalue weighted by Gasteiger charge is 2.18. The molecule has 0 unspecified atom stereocenters. The zero-order valence-electron chi connectivity index (χ0n) is 17.3. The molecule has 1 aromatic heterocycles. The molecule has 5 nitrogen and oxygen atoms in total. The van der Waals surface area contributed by atoms with Crippen molar-refractivity contribution >= 4 is 11.8 Å². The number of hydrogen-bond donors (Lipinski definition) is 0. The number of hydrogen-bond acceptors (Lipinski definition) is 5. The summed E-state index contributed by atoms with van der Waals surface area (Å²) in [7, 11) is 0. The Morgan fingerprint density at radius 3 is 2.26 bits per heavy atom. The van der Waals surface area contributed by atoms with Gasteiger partial charge < -0.3 is 4.74 Å². The number of nitrogens with zero attached hydrogens (tertiary/aromatic N) is 4. The molecule has 0 spiro atoms. The van der Waals surface area contributed by atoms with E-state index in [0.717, 1.165) is 48.5 Å². The second-order valence-electron chi connectivity index (χ2n) is 7.55. The minimum Gasteiger partial charge on any atom is -0.494 e. The van der Waals surface area contributed by atoms with Crippen molar-refractivity contribution in [3.63, 3.8) is 0 Å². The van der Waals surface area contributed by atoms with Gasteiger partial charge in [-0.3, -0.25) is 9.47 Å². The molecule has 0 atom stereocenters. The van der Waals surface area contributed by atoms with Crippen molar-refractivity contribution < 1.29 is 13.5 Å². The molecule has 1 fully saturated rings. The van der Waals surface area contributed by atoms with Crippen molar-refractivity contribution in [2.75, 3.05) is 25.4 Å². The Balaban J connectivity index is 1.39. The number of benzene rings is 2. The van der Waals surface area contributed by atoms with Crippen LogP contribution in [0.2, 0.25) is 0 Å². The van der Waals surface area contributed by atoms with Crippen LogP contribution in [-0.2, 0) is 6.54 Å². The molecule has 3 aromatic rings. The van der Waals surface area contributed by atoms with Gasteiger partial charge in [0.1, 0.15) is 17.4 Å². The van der Waals surface area contributed by atoms with Gasteiger partial charge in [-0.05, 0) is 80.9 Å². The van der Waals surface area contributed by atoms with E-state index in [2.05, 4.69) is 15.1 Å². The molecule has 0 bridgehead atoms. The van der Waals surface area contributed by atoms with E-state index >= 15 is 0 Å². The fourth-order valence-corrected chi connectivity index (χ4v) is 4.49. The highest BCUT2D eigenvalue weighted by Crippen LogP contribution is 2.24. The highest BCUT2D eigenvalue weighted by molar-refractivity contribution is 7.99. The van der Waals surface area contributed by atoms with E-state index in [4.69, 9.17) is 4.74 Å². The summed E-state index contributed by atoms with van der Waals surface area (Å²) in [6.07, 6.45) is 4.50. The molecule has 1 aliphatic rings. The van der Waals surface area contributed by atoms with Crippen molar-refractivity contribution in [1.29, 1.82) is 0 Å². The molecule has 0 aliphatic carbocycles. The Morgan fingerprint density at radius 2 is 1.55 bits per heavy atom. The van der Waals surface area contributed by atoms with Crippen LogP contribution in [0.3, 0.4) is 0 Å². The van der Waals surface area contributed by atoms with Crippen molar-refractivity contribution in [2.45, 2.75) is 37.4 Å². The molecule has 1 aliphatic heterocycles. The number of likely N-dealkylation sites (tertiary alicyclic amines) is 1.